The van der Waals surface area contributed by atoms with Gasteiger partial charge >= 0.3 is 0 Å². The van der Waals surface area contributed by atoms with Crippen LogP contribution in [0.3, 0.4) is 0 Å². The van der Waals surface area contributed by atoms with Crippen molar-refractivity contribution in [1.29, 1.82) is 0 Å². The Labute approximate surface area is 128 Å². The van der Waals surface area contributed by atoms with E-state index >= 15 is 0 Å². The van der Waals surface area contributed by atoms with E-state index in [1.807, 2.05) is 0 Å². The number of hydrogen-bond donors (Lipinski definition) is 0. The van der Waals surface area contributed by atoms with E-state index in [2.05, 4.69) is 0 Å². The fraction of sp³-hybridized carbons (Fsp3) is 0.600. The molecule has 0 unspecified atom stereocenters. The summed E-state index contributed by atoms with van der Waals surface area (Å²) in [7, 11) is -4.05. The van der Waals surface area contributed by atoms with E-state index in [1.165, 1.54) is 12.1 Å². The van der Waals surface area contributed by atoms with Crippen LogP contribution >= 0.6 is 0 Å². The Morgan fingerprint density at radius 1 is 1.05 bits per heavy atom. The molecule has 0 atom stereocenters. The number of nitrogens with zero attached hydrogens (tertiary/aromatic N) is 1. The molecule has 0 bridgehead atoms. The Bertz CT molecular complexity index is 661. The van der Waals surface area contributed by atoms with Gasteiger partial charge < -0.3 is 0 Å². The highest BCUT2D eigenvalue weighted by atomic mass is 32.2. The van der Waals surface area contributed by atoms with Gasteiger partial charge in [-0.1, -0.05) is 12.5 Å². The molecule has 3 rings (SSSR count). The predicted octanol–water partition coefficient (Wildman–Crippen LogP) is 3.21. The van der Waals surface area contributed by atoms with E-state index in [-0.39, 0.29) is 4.90 Å². The van der Waals surface area contributed by atoms with Crippen LogP contribution < -0.4 is 0 Å². The summed E-state index contributed by atoms with van der Waals surface area (Å²) in [6.45, 7) is 0.981. The highest BCUT2D eigenvalue weighted by molar-refractivity contribution is 7.92. The third kappa shape index (κ3) is 2.44. The molecule has 1 aliphatic carbocycles. The molecule has 2 fully saturated rings. The van der Waals surface area contributed by atoms with E-state index in [0.717, 1.165) is 31.4 Å². The number of rotatable bonds is 3. The van der Waals surface area contributed by atoms with E-state index in [4.69, 9.17) is 0 Å². The summed E-state index contributed by atoms with van der Waals surface area (Å²) in [5.41, 5.74) is 0. The van der Waals surface area contributed by atoms with Crippen LogP contribution in [-0.2, 0) is 9.84 Å². The monoisotopic (exact) mass is 333 g/mol. The lowest BCUT2D eigenvalue weighted by Gasteiger charge is -2.53. The number of piperidine rings is 1. The van der Waals surface area contributed by atoms with Gasteiger partial charge in [-0.2, -0.15) is 0 Å². The first-order valence-electron chi connectivity index (χ1n) is 7.40. The zero-order valence-corrected chi connectivity index (χ0v) is 12.9. The van der Waals surface area contributed by atoms with Crippen LogP contribution in [0.25, 0.3) is 0 Å². The van der Waals surface area contributed by atoms with Crippen molar-refractivity contribution in [1.82, 2.24) is 4.90 Å². The zero-order valence-electron chi connectivity index (χ0n) is 12.1. The molecule has 7 heteroatoms. The summed E-state index contributed by atoms with van der Waals surface area (Å²) in [6, 6.07) is 4.63. The molecule has 2 aliphatic rings. The summed E-state index contributed by atoms with van der Waals surface area (Å²) >= 11 is 0. The van der Waals surface area contributed by atoms with Crippen LogP contribution in [0.1, 0.15) is 32.1 Å². The van der Waals surface area contributed by atoms with Crippen LogP contribution in [0.5, 0.6) is 0 Å². The molecular formula is C15H18F3NO2S. The van der Waals surface area contributed by atoms with Gasteiger partial charge in [-0.15, -0.1) is 0 Å². The fourth-order valence-electron chi connectivity index (χ4n) is 3.50. The average molecular weight is 333 g/mol. The summed E-state index contributed by atoms with van der Waals surface area (Å²) in [5, 5.41) is 0. The van der Waals surface area contributed by atoms with Gasteiger partial charge in [0, 0.05) is 12.8 Å². The largest absolute Gasteiger partial charge is 0.284 e. The van der Waals surface area contributed by atoms with Gasteiger partial charge in [0.2, 0.25) is 0 Å². The first-order valence-corrected chi connectivity index (χ1v) is 8.88. The molecule has 0 amide bonds. The van der Waals surface area contributed by atoms with E-state index in [1.54, 1.807) is 4.90 Å². The molecule has 1 saturated heterocycles. The van der Waals surface area contributed by atoms with E-state index < -0.39 is 39.3 Å². The second-order valence-corrected chi connectivity index (χ2v) is 8.40. The minimum atomic E-state index is -4.05. The van der Waals surface area contributed by atoms with Crippen molar-refractivity contribution in [2.75, 3.05) is 13.1 Å². The molecule has 3 nitrogen and oxygen atoms in total. The molecule has 0 radical (unpaired) electrons. The Kier molecular flexibility index (Phi) is 3.76. The first-order chi connectivity index (χ1) is 10.3. The molecule has 1 aromatic rings. The maximum absolute atomic E-state index is 13.5. The lowest BCUT2D eigenvalue weighted by molar-refractivity contribution is -0.145. The van der Waals surface area contributed by atoms with Gasteiger partial charge in [-0.05, 0) is 44.1 Å². The summed E-state index contributed by atoms with van der Waals surface area (Å²) in [6.07, 6.45) is 1.15. The summed E-state index contributed by atoms with van der Waals surface area (Å²) in [5.74, 6) is -3.65. The van der Waals surface area contributed by atoms with Crippen LogP contribution in [0, 0.1) is 5.82 Å². The molecular weight excluding hydrogens is 315 g/mol. The van der Waals surface area contributed by atoms with Gasteiger partial charge in [-0.25, -0.2) is 21.6 Å². The second kappa shape index (κ2) is 5.23. The lowest BCUT2D eigenvalue weighted by atomic mass is 9.84. The van der Waals surface area contributed by atoms with Crippen molar-refractivity contribution in [2.24, 2.45) is 0 Å². The average Bonchev–Trinajstić information content (AvgIpc) is 2.45. The number of halogens is 3. The van der Waals surface area contributed by atoms with Gasteiger partial charge in [0.25, 0.3) is 5.92 Å². The van der Waals surface area contributed by atoms with Crippen molar-refractivity contribution < 1.29 is 21.6 Å². The maximum Gasteiger partial charge on any atom is 0.253 e. The number of likely N-dealkylation sites (tertiary alicyclic amines) is 1. The topological polar surface area (TPSA) is 37.4 Å². The molecule has 1 saturated carbocycles. The Hall–Kier alpha value is -1.08. The molecule has 22 heavy (non-hydrogen) atoms. The third-order valence-corrected chi connectivity index (χ3v) is 7.03. The van der Waals surface area contributed by atoms with Crippen molar-refractivity contribution >= 4 is 9.84 Å². The molecule has 122 valence electrons. The summed E-state index contributed by atoms with van der Waals surface area (Å²) in [4.78, 5) is -0.146. The Morgan fingerprint density at radius 3 is 2.23 bits per heavy atom. The van der Waals surface area contributed by atoms with Crippen molar-refractivity contribution in [2.45, 2.75) is 47.8 Å². The predicted molar refractivity (Wildman–Crippen MR) is 75.9 cm³/mol. The molecule has 0 N–H and O–H groups in total. The van der Waals surface area contributed by atoms with Gasteiger partial charge in [0.05, 0.1) is 4.90 Å². The van der Waals surface area contributed by atoms with Crippen LogP contribution in [0.2, 0.25) is 0 Å². The van der Waals surface area contributed by atoms with E-state index in [0.29, 0.717) is 13.1 Å². The van der Waals surface area contributed by atoms with Crippen molar-refractivity contribution in [3.63, 3.8) is 0 Å². The highest BCUT2D eigenvalue weighted by Crippen LogP contribution is 2.54. The lowest BCUT2D eigenvalue weighted by Crippen LogP contribution is -2.67. The van der Waals surface area contributed by atoms with Crippen molar-refractivity contribution in [3.8, 4) is 0 Å². The third-order valence-electron chi connectivity index (χ3n) is 4.61. The van der Waals surface area contributed by atoms with Crippen LogP contribution in [0.15, 0.2) is 29.2 Å². The first kappa shape index (κ1) is 15.8. The smallest absolute Gasteiger partial charge is 0.253 e. The second-order valence-electron chi connectivity index (χ2n) is 6.16. The molecule has 0 aromatic heterocycles. The van der Waals surface area contributed by atoms with Gasteiger partial charge in [-0.3, -0.25) is 4.90 Å². The zero-order chi connectivity index (χ0) is 16.0. The number of benzene rings is 1. The minimum absolute atomic E-state index is 0.214. The SMILES string of the molecule is O=S(=O)(c1cccc(F)c1)C1(N2CCCCC2)CC(F)(F)C1. The molecule has 0 spiro atoms. The maximum atomic E-state index is 13.5. The number of sulfone groups is 1. The van der Waals surface area contributed by atoms with Crippen LogP contribution in [0.4, 0.5) is 13.2 Å². The van der Waals surface area contributed by atoms with Crippen LogP contribution in [-0.4, -0.2) is 37.2 Å². The Balaban J connectivity index is 2.02. The van der Waals surface area contributed by atoms with E-state index in [9.17, 15) is 21.6 Å². The number of alkyl halides is 2. The minimum Gasteiger partial charge on any atom is -0.284 e. The normalized spacial score (nSPS) is 24.7. The van der Waals surface area contributed by atoms with Gasteiger partial charge in [0.15, 0.2) is 9.84 Å². The number of hydrogen-bond acceptors (Lipinski definition) is 3. The van der Waals surface area contributed by atoms with Gasteiger partial charge in [0.1, 0.15) is 10.7 Å². The summed E-state index contributed by atoms with van der Waals surface area (Å²) < 4.78 is 66.3. The Morgan fingerprint density at radius 2 is 1.68 bits per heavy atom. The fourth-order valence-corrected chi connectivity index (χ4v) is 5.78. The quantitative estimate of drug-likeness (QED) is 0.852. The molecule has 1 aliphatic heterocycles. The standard InChI is InChI=1S/C15H18F3NO2S/c16-12-5-4-6-13(9-12)22(20,21)15(10-14(17,18)11-15)19-7-2-1-3-8-19/h4-6,9H,1-3,7-8,10-11H2. The van der Waals surface area contributed by atoms with Crippen molar-refractivity contribution in [3.05, 3.63) is 30.1 Å². The molecule has 1 heterocycles. The highest BCUT2D eigenvalue weighted by Gasteiger charge is 2.66. The molecule has 1 aromatic carbocycles.